The Balaban J connectivity index is 2.18. The molecule has 1 aliphatic rings. The number of urea groups is 1. The Labute approximate surface area is 175 Å². The van der Waals surface area contributed by atoms with E-state index in [-0.39, 0.29) is 12.3 Å². The first-order chi connectivity index (χ1) is 13.9. The minimum absolute atomic E-state index is 0.100. The molecule has 0 radical (unpaired) electrons. The van der Waals surface area contributed by atoms with E-state index in [0.29, 0.717) is 22.6 Å². The summed E-state index contributed by atoms with van der Waals surface area (Å²) in [5.41, 5.74) is 6.97. The van der Waals surface area contributed by atoms with Gasteiger partial charge < -0.3 is 10.6 Å². The van der Waals surface area contributed by atoms with Crippen LogP contribution < -0.4 is 20.4 Å². The number of halogens is 1. The van der Waals surface area contributed by atoms with Crippen LogP contribution in [0.1, 0.15) is 39.7 Å². The van der Waals surface area contributed by atoms with Crippen molar-refractivity contribution in [3.05, 3.63) is 53.8 Å². The SMILES string of the molecule is CC1(C)CC(=O)N(C(C)(C)[P+](=O)[O-])c2ccc(N(C(N)=O)c3ccc(F)cc3)cc21. The zero-order chi connectivity index (χ0) is 22.4. The molecule has 1 aliphatic heterocycles. The molecule has 3 amide bonds. The molecule has 0 saturated carbocycles. The molecule has 158 valence electrons. The molecular formula is C21H23FN3O4P. The largest absolute Gasteiger partial charge is 0.594 e. The zero-order valence-corrected chi connectivity index (χ0v) is 18.1. The highest BCUT2D eigenvalue weighted by atomic mass is 31.1. The van der Waals surface area contributed by atoms with Gasteiger partial charge in [-0.15, -0.1) is 0 Å². The molecule has 0 bridgehead atoms. The average Bonchev–Trinajstić information content (AvgIpc) is 2.62. The topological polar surface area (TPSA) is 107 Å². The molecule has 1 heterocycles. The minimum atomic E-state index is -2.93. The Morgan fingerprint density at radius 3 is 2.30 bits per heavy atom. The molecule has 30 heavy (non-hydrogen) atoms. The van der Waals surface area contributed by atoms with Crippen molar-refractivity contribution in [1.29, 1.82) is 0 Å². The molecule has 0 aromatic heterocycles. The van der Waals surface area contributed by atoms with Gasteiger partial charge in [-0.2, -0.15) is 0 Å². The molecular weight excluding hydrogens is 408 g/mol. The van der Waals surface area contributed by atoms with Crippen LogP contribution in [0.4, 0.5) is 26.2 Å². The van der Waals surface area contributed by atoms with Gasteiger partial charge in [0, 0.05) is 25.7 Å². The number of anilines is 3. The Bertz CT molecular complexity index is 1040. The van der Waals surface area contributed by atoms with Gasteiger partial charge in [-0.3, -0.25) is 14.6 Å². The number of fused-ring (bicyclic) bond motifs is 1. The number of rotatable bonds is 4. The summed E-state index contributed by atoms with van der Waals surface area (Å²) in [6.45, 7) is 6.70. The molecule has 7 nitrogen and oxygen atoms in total. The highest BCUT2D eigenvalue weighted by molar-refractivity contribution is 7.38. The third-order valence-electron chi connectivity index (χ3n) is 5.35. The van der Waals surface area contributed by atoms with Crippen LogP contribution in [0, 0.1) is 5.82 Å². The van der Waals surface area contributed by atoms with Crippen LogP contribution in [-0.2, 0) is 14.8 Å². The van der Waals surface area contributed by atoms with E-state index >= 15 is 0 Å². The van der Waals surface area contributed by atoms with Gasteiger partial charge in [0.15, 0.2) is 0 Å². The maximum atomic E-state index is 13.3. The average molecular weight is 431 g/mol. The minimum Gasteiger partial charge on any atom is -0.594 e. The summed E-state index contributed by atoms with van der Waals surface area (Å²) in [4.78, 5) is 39.4. The first kappa shape index (κ1) is 21.9. The van der Waals surface area contributed by atoms with Crippen LogP contribution in [0.15, 0.2) is 42.5 Å². The van der Waals surface area contributed by atoms with Gasteiger partial charge in [0.1, 0.15) is 5.82 Å². The van der Waals surface area contributed by atoms with Crippen molar-refractivity contribution in [2.75, 3.05) is 9.80 Å². The lowest BCUT2D eigenvalue weighted by Gasteiger charge is -2.42. The zero-order valence-electron chi connectivity index (χ0n) is 17.2. The maximum absolute atomic E-state index is 13.3. The van der Waals surface area contributed by atoms with E-state index in [0.717, 1.165) is 0 Å². The van der Waals surface area contributed by atoms with E-state index in [1.54, 1.807) is 18.2 Å². The third kappa shape index (κ3) is 3.68. The van der Waals surface area contributed by atoms with Gasteiger partial charge in [0.05, 0.1) is 17.1 Å². The fraction of sp³-hybridized carbons (Fsp3) is 0.333. The number of primary amides is 1. The fourth-order valence-corrected chi connectivity index (χ4v) is 4.14. The van der Waals surface area contributed by atoms with Gasteiger partial charge in [0.25, 0.3) is 0 Å². The lowest BCUT2D eigenvalue weighted by Crippen LogP contribution is -2.52. The van der Waals surface area contributed by atoms with Crippen LogP contribution in [0.2, 0.25) is 0 Å². The molecule has 1 unspecified atom stereocenters. The normalized spacial score (nSPS) is 16.1. The van der Waals surface area contributed by atoms with Crippen molar-refractivity contribution in [2.45, 2.75) is 44.8 Å². The number of hydrogen-bond donors (Lipinski definition) is 1. The second-order valence-corrected chi connectivity index (χ2v) is 10.0. The summed E-state index contributed by atoms with van der Waals surface area (Å²) < 4.78 is 25.2. The summed E-state index contributed by atoms with van der Waals surface area (Å²) in [5, 5.41) is -1.42. The van der Waals surface area contributed by atoms with Crippen molar-refractivity contribution in [3.8, 4) is 0 Å². The van der Waals surface area contributed by atoms with Crippen molar-refractivity contribution in [2.24, 2.45) is 5.73 Å². The predicted octanol–water partition coefficient (Wildman–Crippen LogP) is 3.90. The fourth-order valence-electron chi connectivity index (χ4n) is 3.76. The van der Waals surface area contributed by atoms with Gasteiger partial charge in [0.2, 0.25) is 11.2 Å². The lowest BCUT2D eigenvalue weighted by atomic mass is 9.76. The summed E-state index contributed by atoms with van der Waals surface area (Å²) in [7, 11) is -2.93. The van der Waals surface area contributed by atoms with Crippen LogP contribution in [0.25, 0.3) is 0 Å². The van der Waals surface area contributed by atoms with Crippen LogP contribution in [0.3, 0.4) is 0 Å². The van der Waals surface area contributed by atoms with Gasteiger partial charge in [-0.25, -0.2) is 9.18 Å². The Kier molecular flexibility index (Phi) is 5.43. The molecule has 9 heteroatoms. The van der Waals surface area contributed by atoms with E-state index in [9.17, 15) is 23.4 Å². The summed E-state index contributed by atoms with van der Waals surface area (Å²) in [6, 6.07) is 9.48. The standard InChI is InChI=1S/C21H23FN3O4P/c1-20(2)12-18(26)25(21(3,4)30(28)29)17-10-9-15(11-16(17)20)24(19(23)27)14-7-5-13(22)6-8-14/h5-11H,12H2,1-4H3,(H2,23,27). The summed E-state index contributed by atoms with van der Waals surface area (Å²) >= 11 is 0. The number of nitrogens with two attached hydrogens (primary N) is 1. The number of hydrogen-bond acceptors (Lipinski definition) is 4. The Hall–Kier alpha value is -2.83. The van der Waals surface area contributed by atoms with E-state index in [4.69, 9.17) is 5.73 Å². The van der Waals surface area contributed by atoms with Crippen molar-refractivity contribution >= 4 is 37.0 Å². The van der Waals surface area contributed by atoms with E-state index in [1.165, 1.54) is 47.9 Å². The first-order valence-corrected chi connectivity index (χ1v) is 10.5. The van der Waals surface area contributed by atoms with Crippen molar-refractivity contribution in [1.82, 2.24) is 0 Å². The lowest BCUT2D eigenvalue weighted by molar-refractivity contribution is -0.169. The first-order valence-electron chi connectivity index (χ1n) is 9.33. The second-order valence-electron chi connectivity index (χ2n) is 8.39. The summed E-state index contributed by atoms with van der Waals surface area (Å²) in [5.74, 6) is -0.743. The molecule has 0 saturated heterocycles. The Morgan fingerprint density at radius 2 is 1.77 bits per heavy atom. The molecule has 2 aromatic carbocycles. The Morgan fingerprint density at radius 1 is 1.20 bits per heavy atom. The van der Waals surface area contributed by atoms with E-state index in [1.807, 2.05) is 13.8 Å². The number of benzene rings is 2. The summed E-state index contributed by atoms with van der Waals surface area (Å²) in [6.07, 6.45) is 0.100. The van der Waals surface area contributed by atoms with E-state index in [2.05, 4.69) is 0 Å². The second kappa shape index (κ2) is 7.45. The molecule has 0 aliphatic carbocycles. The highest BCUT2D eigenvalue weighted by Crippen LogP contribution is 2.48. The van der Waals surface area contributed by atoms with E-state index < -0.39 is 30.6 Å². The highest BCUT2D eigenvalue weighted by Gasteiger charge is 2.49. The molecule has 0 spiro atoms. The van der Waals surface area contributed by atoms with Crippen molar-refractivity contribution < 1.29 is 23.4 Å². The van der Waals surface area contributed by atoms with Crippen LogP contribution in [-0.4, -0.2) is 17.2 Å². The van der Waals surface area contributed by atoms with Crippen LogP contribution in [0.5, 0.6) is 0 Å². The molecule has 2 N–H and O–H groups in total. The number of carbonyl (C=O) groups excluding carboxylic acids is 2. The number of carbonyl (C=O) groups is 2. The van der Waals surface area contributed by atoms with Crippen molar-refractivity contribution in [3.63, 3.8) is 0 Å². The molecule has 3 rings (SSSR count). The maximum Gasteiger partial charge on any atom is 0.337 e. The van der Waals surface area contributed by atoms with Gasteiger partial charge >= 0.3 is 14.1 Å². The molecule has 0 fully saturated rings. The predicted molar refractivity (Wildman–Crippen MR) is 111 cm³/mol. The number of amides is 3. The number of nitrogens with zero attached hydrogens (tertiary/aromatic N) is 2. The smallest absolute Gasteiger partial charge is 0.337 e. The molecule has 1 atom stereocenters. The molecule has 2 aromatic rings. The van der Waals surface area contributed by atoms with Crippen LogP contribution >= 0.6 is 8.03 Å². The monoisotopic (exact) mass is 431 g/mol. The van der Waals surface area contributed by atoms with Gasteiger partial charge in [-0.05, 0) is 48.0 Å². The quantitative estimate of drug-likeness (QED) is 0.741. The third-order valence-corrected chi connectivity index (χ3v) is 6.44. The van der Waals surface area contributed by atoms with Gasteiger partial charge in [-0.1, -0.05) is 18.4 Å².